The summed E-state index contributed by atoms with van der Waals surface area (Å²) in [7, 11) is 0. The molecule has 0 amide bonds. The first kappa shape index (κ1) is 13.4. The lowest BCUT2D eigenvalue weighted by molar-refractivity contribution is 0.0523. The molecule has 108 valence electrons. The smallest absolute Gasteiger partial charge is 0.345 e. The lowest BCUT2D eigenvalue weighted by atomic mass is 10.0. The number of benzene rings is 1. The van der Waals surface area contributed by atoms with Crippen molar-refractivity contribution in [3.8, 4) is 5.75 Å². The van der Waals surface area contributed by atoms with E-state index in [0.29, 0.717) is 12.4 Å². The number of rotatable bonds is 3. The van der Waals surface area contributed by atoms with Gasteiger partial charge in [0, 0.05) is 11.8 Å². The third-order valence-electron chi connectivity index (χ3n) is 3.34. The van der Waals surface area contributed by atoms with Crippen LogP contribution in [0.15, 0.2) is 35.3 Å². The molecule has 2 aromatic rings. The molecule has 0 aliphatic carbocycles. The van der Waals surface area contributed by atoms with E-state index in [4.69, 9.17) is 9.47 Å². The van der Waals surface area contributed by atoms with E-state index in [-0.39, 0.29) is 18.1 Å². The summed E-state index contributed by atoms with van der Waals surface area (Å²) in [5.74, 6) is 0.476. The number of nitrogens with zero attached hydrogens (tertiary/aromatic N) is 1. The summed E-state index contributed by atoms with van der Waals surface area (Å²) < 4.78 is 10.4. The lowest BCUT2D eigenvalue weighted by Crippen LogP contribution is -2.23. The second-order valence-electron chi connectivity index (χ2n) is 4.63. The van der Waals surface area contributed by atoms with Gasteiger partial charge in [-0.1, -0.05) is 18.2 Å². The van der Waals surface area contributed by atoms with Crippen molar-refractivity contribution in [2.45, 2.75) is 12.8 Å². The van der Waals surface area contributed by atoms with Crippen LogP contribution in [0.4, 0.5) is 0 Å². The molecule has 1 unspecified atom stereocenters. The molecule has 0 saturated carbocycles. The molecule has 1 N–H and O–H groups in total. The highest BCUT2D eigenvalue weighted by atomic mass is 16.5. The van der Waals surface area contributed by atoms with E-state index in [2.05, 4.69) is 9.97 Å². The lowest BCUT2D eigenvalue weighted by Gasteiger charge is -2.08. The number of carbonyl (C=O) groups excluding carboxylic acids is 1. The second-order valence-corrected chi connectivity index (χ2v) is 4.63. The second kappa shape index (κ2) is 5.40. The summed E-state index contributed by atoms with van der Waals surface area (Å²) in [5.41, 5.74) is 0.389. The van der Waals surface area contributed by atoms with Crippen molar-refractivity contribution in [2.24, 2.45) is 0 Å². The first-order valence-corrected chi connectivity index (χ1v) is 6.68. The molecule has 1 aliphatic heterocycles. The number of ether oxygens (including phenoxy) is 2. The van der Waals surface area contributed by atoms with Crippen LogP contribution in [-0.2, 0) is 4.74 Å². The predicted molar refractivity (Wildman–Crippen MR) is 74.6 cm³/mol. The average Bonchev–Trinajstić information content (AvgIpc) is 2.91. The quantitative estimate of drug-likeness (QED) is 0.864. The van der Waals surface area contributed by atoms with Gasteiger partial charge in [0.2, 0.25) is 0 Å². The van der Waals surface area contributed by atoms with E-state index < -0.39 is 11.5 Å². The largest absolute Gasteiger partial charge is 0.492 e. The standard InChI is InChI=1S/C15H14N2O4/c1-2-20-15(19)10-7-16-13(17-14(10)18)11-8-21-12-6-4-3-5-9(11)12/h3-7,11H,2,8H2,1H3,(H,16,17,18). The van der Waals surface area contributed by atoms with Crippen LogP contribution in [0.1, 0.15) is 34.6 Å². The number of H-pyrrole nitrogens is 1. The van der Waals surface area contributed by atoms with E-state index in [9.17, 15) is 9.59 Å². The molecule has 0 fully saturated rings. The van der Waals surface area contributed by atoms with Gasteiger partial charge in [-0.05, 0) is 13.0 Å². The van der Waals surface area contributed by atoms with Gasteiger partial charge < -0.3 is 14.5 Å². The fourth-order valence-corrected chi connectivity index (χ4v) is 2.33. The van der Waals surface area contributed by atoms with E-state index in [1.165, 1.54) is 6.20 Å². The number of hydrogen-bond acceptors (Lipinski definition) is 5. The van der Waals surface area contributed by atoms with E-state index in [1.807, 2.05) is 24.3 Å². The Balaban J connectivity index is 1.94. The summed E-state index contributed by atoms with van der Waals surface area (Å²) in [5, 5.41) is 0. The van der Waals surface area contributed by atoms with Gasteiger partial charge in [0.15, 0.2) is 0 Å². The molecular formula is C15H14N2O4. The first-order chi connectivity index (χ1) is 10.2. The van der Waals surface area contributed by atoms with Gasteiger partial charge in [0.25, 0.3) is 5.56 Å². The minimum atomic E-state index is -0.666. The maximum atomic E-state index is 12.0. The van der Waals surface area contributed by atoms with Crippen LogP contribution in [-0.4, -0.2) is 29.2 Å². The molecule has 1 aliphatic rings. The Hall–Kier alpha value is -2.63. The fraction of sp³-hybridized carbons (Fsp3) is 0.267. The van der Waals surface area contributed by atoms with E-state index in [0.717, 1.165) is 11.3 Å². The Morgan fingerprint density at radius 1 is 1.48 bits per heavy atom. The van der Waals surface area contributed by atoms with Crippen LogP contribution in [0.2, 0.25) is 0 Å². The monoisotopic (exact) mass is 286 g/mol. The zero-order chi connectivity index (χ0) is 14.8. The summed E-state index contributed by atoms with van der Waals surface area (Å²) in [6, 6.07) is 7.61. The van der Waals surface area contributed by atoms with Gasteiger partial charge >= 0.3 is 5.97 Å². The molecule has 0 bridgehead atoms. The molecule has 21 heavy (non-hydrogen) atoms. The van der Waals surface area contributed by atoms with Crippen molar-refractivity contribution < 1.29 is 14.3 Å². The third-order valence-corrected chi connectivity index (χ3v) is 3.34. The Morgan fingerprint density at radius 2 is 2.29 bits per heavy atom. The van der Waals surface area contributed by atoms with Gasteiger partial charge in [-0.2, -0.15) is 0 Å². The Kier molecular flexibility index (Phi) is 3.43. The molecule has 1 atom stereocenters. The number of fused-ring (bicyclic) bond motifs is 1. The van der Waals surface area contributed by atoms with Crippen molar-refractivity contribution in [1.29, 1.82) is 0 Å². The van der Waals surface area contributed by atoms with Gasteiger partial charge in [0.1, 0.15) is 23.7 Å². The molecule has 6 nitrogen and oxygen atoms in total. The zero-order valence-corrected chi connectivity index (χ0v) is 11.5. The third kappa shape index (κ3) is 2.40. The molecule has 2 heterocycles. The minimum absolute atomic E-state index is 0.0900. The van der Waals surface area contributed by atoms with Gasteiger partial charge in [0.05, 0.1) is 12.5 Å². The van der Waals surface area contributed by atoms with Crippen LogP contribution in [0, 0.1) is 0 Å². The van der Waals surface area contributed by atoms with Gasteiger partial charge in [-0.15, -0.1) is 0 Å². The SMILES string of the molecule is CCOC(=O)c1cnc(C2COc3ccccc32)[nH]c1=O. The maximum Gasteiger partial charge on any atom is 0.345 e. The molecule has 3 rings (SSSR count). The average molecular weight is 286 g/mol. The number of aromatic nitrogens is 2. The van der Waals surface area contributed by atoms with Crippen molar-refractivity contribution in [3.05, 3.63) is 57.8 Å². The number of nitrogens with one attached hydrogen (secondary N) is 1. The highest BCUT2D eigenvalue weighted by Gasteiger charge is 2.27. The highest BCUT2D eigenvalue weighted by molar-refractivity contribution is 5.88. The Labute approximate surface area is 120 Å². The molecule has 0 saturated heterocycles. The molecule has 0 radical (unpaired) electrons. The van der Waals surface area contributed by atoms with Crippen LogP contribution in [0.5, 0.6) is 5.75 Å². The summed E-state index contributed by atoms with van der Waals surface area (Å²) in [4.78, 5) is 30.4. The summed E-state index contributed by atoms with van der Waals surface area (Å²) in [6.45, 7) is 2.31. The predicted octanol–water partition coefficient (Wildman–Crippen LogP) is 1.47. The maximum absolute atomic E-state index is 12.0. The first-order valence-electron chi connectivity index (χ1n) is 6.68. The van der Waals surface area contributed by atoms with Crippen molar-refractivity contribution in [3.63, 3.8) is 0 Å². The Bertz CT molecular complexity index is 738. The number of carbonyl (C=O) groups is 1. The van der Waals surface area contributed by atoms with Crippen LogP contribution in [0.3, 0.4) is 0 Å². The molecule has 0 spiro atoms. The van der Waals surface area contributed by atoms with Crippen molar-refractivity contribution in [1.82, 2.24) is 9.97 Å². The van der Waals surface area contributed by atoms with Crippen LogP contribution in [0.25, 0.3) is 0 Å². The normalized spacial score (nSPS) is 16.1. The zero-order valence-electron chi connectivity index (χ0n) is 11.5. The number of aromatic amines is 1. The van der Waals surface area contributed by atoms with Crippen molar-refractivity contribution >= 4 is 5.97 Å². The molecular weight excluding hydrogens is 272 g/mol. The Morgan fingerprint density at radius 3 is 3.05 bits per heavy atom. The number of hydrogen-bond donors (Lipinski definition) is 1. The number of esters is 1. The molecule has 6 heteroatoms. The fourth-order valence-electron chi connectivity index (χ4n) is 2.33. The minimum Gasteiger partial charge on any atom is -0.492 e. The van der Waals surface area contributed by atoms with Gasteiger partial charge in [-0.25, -0.2) is 9.78 Å². The van der Waals surface area contributed by atoms with Crippen LogP contribution >= 0.6 is 0 Å². The summed E-state index contributed by atoms with van der Waals surface area (Å²) >= 11 is 0. The van der Waals surface area contributed by atoms with Crippen molar-refractivity contribution in [2.75, 3.05) is 13.2 Å². The van der Waals surface area contributed by atoms with E-state index in [1.54, 1.807) is 6.92 Å². The van der Waals surface area contributed by atoms with E-state index >= 15 is 0 Å². The molecule has 1 aromatic carbocycles. The topological polar surface area (TPSA) is 81.3 Å². The highest BCUT2D eigenvalue weighted by Crippen LogP contribution is 2.35. The van der Waals surface area contributed by atoms with Crippen LogP contribution < -0.4 is 10.3 Å². The van der Waals surface area contributed by atoms with Gasteiger partial charge in [-0.3, -0.25) is 4.79 Å². The summed E-state index contributed by atoms with van der Waals surface area (Å²) in [6.07, 6.45) is 1.26. The molecule has 1 aromatic heterocycles. The number of para-hydroxylation sites is 1.